The van der Waals surface area contributed by atoms with E-state index in [2.05, 4.69) is 36.2 Å². The van der Waals surface area contributed by atoms with Crippen LogP contribution in [0.2, 0.25) is 0 Å². The minimum atomic E-state index is -1.05. The van der Waals surface area contributed by atoms with Gasteiger partial charge in [-0.1, -0.05) is 30.3 Å². The third-order valence-electron chi connectivity index (χ3n) is 12.0. The summed E-state index contributed by atoms with van der Waals surface area (Å²) in [6.07, 6.45) is 1.37. The second kappa shape index (κ2) is 21.9. The van der Waals surface area contributed by atoms with E-state index in [4.69, 9.17) is 34.4 Å². The molecule has 1 fully saturated rings. The van der Waals surface area contributed by atoms with Gasteiger partial charge in [0.05, 0.1) is 36.3 Å². The van der Waals surface area contributed by atoms with Crippen LogP contribution in [0.4, 0.5) is 5.13 Å². The number of aromatic nitrogens is 7. The SMILES string of the molecule is COCc1sc2nc1C(=O)NCC(=O)NC(Cc1ccccc1)c1nc(cs1)-c1nc(cs1)-c1nc(-c3nc(C4=NC(C(=O)N5CCCC5C(=O)O)CO4)cs3)ccc1-c1nc(cs1)C(=O)Nc1nc(cs1)C(=O)NC2. The lowest BCUT2D eigenvalue weighted by molar-refractivity contribution is -0.148. The number of carbonyl (C=O) groups excluding carboxylic acids is 5. The molecule has 10 heterocycles. The van der Waals surface area contributed by atoms with Crippen molar-refractivity contribution in [3.8, 4) is 43.4 Å². The molecule has 10 bridgehead atoms. The largest absolute Gasteiger partial charge is 0.480 e. The Morgan fingerprint density at radius 1 is 0.737 bits per heavy atom. The molecule has 76 heavy (non-hydrogen) atoms. The fourth-order valence-electron chi connectivity index (χ4n) is 8.37. The van der Waals surface area contributed by atoms with Gasteiger partial charge in [0.25, 0.3) is 23.6 Å². The predicted molar refractivity (Wildman–Crippen MR) is 285 cm³/mol. The molecule has 1 saturated heterocycles. The number of fused-ring (bicyclic) bond motifs is 14. The number of nitrogens with zero attached hydrogens (tertiary/aromatic N) is 9. The van der Waals surface area contributed by atoms with Gasteiger partial charge in [0.2, 0.25) is 11.8 Å². The maximum Gasteiger partial charge on any atom is 0.326 e. The van der Waals surface area contributed by atoms with Crippen LogP contribution in [0.15, 0.2) is 74.4 Å². The number of methoxy groups -OCH3 is 1. The Hall–Kier alpha value is -7.60. The summed E-state index contributed by atoms with van der Waals surface area (Å²) in [4.78, 5) is 119. The van der Waals surface area contributed by atoms with E-state index in [1.165, 1.54) is 74.1 Å². The zero-order valence-corrected chi connectivity index (χ0v) is 44.4. The van der Waals surface area contributed by atoms with E-state index in [1.54, 1.807) is 16.8 Å². The lowest BCUT2D eigenvalue weighted by Gasteiger charge is -2.22. The quantitative estimate of drug-likeness (QED) is 0.113. The first-order valence-corrected chi connectivity index (χ1v) is 28.4. The van der Waals surface area contributed by atoms with Crippen molar-refractivity contribution in [2.75, 3.05) is 32.1 Å². The Kier molecular flexibility index (Phi) is 14.6. The molecule has 8 aromatic rings. The van der Waals surface area contributed by atoms with Crippen molar-refractivity contribution in [3.63, 3.8) is 0 Å². The standard InChI is InChI=1S/C48H39N13O9S6/c1-69-16-33-37-40(65)49-13-34(62)51-25(12-22-6-3-2-4-7-22)44-57-31(21-74-44)45-54-27(17-72-45)36-23(42-55-29(18-71-42)39(64)60-48-58-28(19-75-48)38(63)50-14-35(59-37)76-33)9-10-24(52-36)43-56-30(20-73-43)41-53-26(15-70-41)46(66)61-11-5-8-32(61)47(67)68/h2-4,6-7,9-10,17-21,25-26,32H,5,8,11-16H2,1H3,(H,49,65)(H,50,63)(H,51,62)(H,67,68)(H,58,60,64). The van der Waals surface area contributed by atoms with Gasteiger partial charge in [-0.3, -0.25) is 29.3 Å². The molecular weight excluding hydrogens is 1100 g/mol. The number of aliphatic imine (C=N–C) groups is 1. The number of carboxylic acid groups (broad SMARTS) is 1. The molecule has 5 amide bonds. The number of aliphatic carboxylic acids is 1. The average Bonchev–Trinajstić information content (AvgIpc) is 4.28. The highest BCUT2D eigenvalue weighted by atomic mass is 32.1. The Balaban J connectivity index is 0.924. The van der Waals surface area contributed by atoms with Crippen LogP contribution >= 0.6 is 68.0 Å². The fourth-order valence-corrected chi connectivity index (χ4v) is 13.3. The number of benzene rings is 1. The number of ether oxygens (including phenoxy) is 2. The lowest BCUT2D eigenvalue weighted by Crippen LogP contribution is -2.45. The number of hydrogen-bond donors (Lipinski definition) is 5. The summed E-state index contributed by atoms with van der Waals surface area (Å²) in [6, 6.07) is 10.8. The number of anilines is 1. The summed E-state index contributed by atoms with van der Waals surface area (Å²) in [5.41, 5.74) is 4.03. The van der Waals surface area contributed by atoms with Crippen molar-refractivity contribution in [1.29, 1.82) is 0 Å². The van der Waals surface area contributed by atoms with Crippen LogP contribution in [0.5, 0.6) is 0 Å². The van der Waals surface area contributed by atoms with Gasteiger partial charge in [-0.25, -0.2) is 44.7 Å². The van der Waals surface area contributed by atoms with Gasteiger partial charge in [0.1, 0.15) is 77.5 Å². The monoisotopic (exact) mass is 1130 g/mol. The Morgan fingerprint density at radius 2 is 1.46 bits per heavy atom. The topological polar surface area (TPSA) is 295 Å². The minimum absolute atomic E-state index is 0.0390. The lowest BCUT2D eigenvalue weighted by atomic mass is 10.1. The normalized spacial score (nSPS) is 18.1. The van der Waals surface area contributed by atoms with Crippen LogP contribution in [-0.2, 0) is 43.4 Å². The maximum absolute atomic E-state index is 13.7. The zero-order valence-electron chi connectivity index (χ0n) is 39.5. The average molecular weight is 1130 g/mol. The Morgan fingerprint density at radius 3 is 2.29 bits per heavy atom. The van der Waals surface area contributed by atoms with E-state index >= 15 is 0 Å². The van der Waals surface area contributed by atoms with Crippen LogP contribution in [0, 0.1) is 0 Å². The molecule has 7 aromatic heterocycles. The van der Waals surface area contributed by atoms with E-state index in [-0.39, 0.29) is 54.4 Å². The predicted octanol–water partition coefficient (Wildman–Crippen LogP) is 6.18. The second-order valence-electron chi connectivity index (χ2n) is 17.0. The highest BCUT2D eigenvalue weighted by Crippen LogP contribution is 2.39. The van der Waals surface area contributed by atoms with E-state index in [0.29, 0.717) is 89.8 Å². The van der Waals surface area contributed by atoms with Crippen molar-refractivity contribution in [2.24, 2.45) is 4.99 Å². The van der Waals surface area contributed by atoms with Crippen molar-refractivity contribution in [1.82, 2.24) is 55.7 Å². The molecule has 0 radical (unpaired) electrons. The Bertz CT molecular complexity index is 3580. The van der Waals surface area contributed by atoms with Gasteiger partial charge in [-0.2, -0.15) is 0 Å². The summed E-state index contributed by atoms with van der Waals surface area (Å²) in [5, 5.41) is 32.1. The molecular formula is C48H39N13O9S6. The van der Waals surface area contributed by atoms with Gasteiger partial charge in [-0.05, 0) is 37.0 Å². The van der Waals surface area contributed by atoms with Crippen LogP contribution in [0.3, 0.4) is 0 Å². The van der Waals surface area contributed by atoms with Crippen molar-refractivity contribution >= 4 is 115 Å². The van der Waals surface area contributed by atoms with Crippen LogP contribution in [-0.4, -0.2) is 125 Å². The smallest absolute Gasteiger partial charge is 0.326 e. The molecule has 1 aromatic carbocycles. The number of amides is 5. The highest BCUT2D eigenvalue weighted by Gasteiger charge is 2.39. The molecule has 22 nitrogen and oxygen atoms in total. The number of nitrogens with one attached hydrogen (secondary N) is 4. The third kappa shape index (κ3) is 10.8. The van der Waals surface area contributed by atoms with E-state index < -0.39 is 53.6 Å². The van der Waals surface area contributed by atoms with E-state index in [1.807, 2.05) is 47.2 Å². The molecule has 3 aliphatic heterocycles. The molecule has 3 unspecified atom stereocenters. The molecule has 0 saturated carbocycles. The first kappa shape index (κ1) is 50.6. The van der Waals surface area contributed by atoms with Crippen molar-refractivity contribution in [2.45, 2.75) is 50.5 Å². The van der Waals surface area contributed by atoms with Crippen molar-refractivity contribution < 1.29 is 43.3 Å². The molecule has 3 atom stereocenters. The summed E-state index contributed by atoms with van der Waals surface area (Å²) < 4.78 is 11.2. The van der Waals surface area contributed by atoms with Gasteiger partial charge in [0, 0.05) is 46.1 Å². The Labute approximate surface area is 454 Å². The number of carboxylic acids is 1. The molecule has 28 heteroatoms. The molecule has 0 spiro atoms. The second-order valence-corrected chi connectivity index (χ2v) is 22.5. The van der Waals surface area contributed by atoms with E-state index in [0.717, 1.165) is 16.9 Å². The number of rotatable bonds is 8. The summed E-state index contributed by atoms with van der Waals surface area (Å²) in [6.45, 7) is -0.0464. The molecule has 3 aliphatic rings. The fraction of sp³-hybridized carbons (Fsp3) is 0.250. The summed E-state index contributed by atoms with van der Waals surface area (Å²) in [5.74, 6) is -3.45. The van der Waals surface area contributed by atoms with Gasteiger partial charge < -0.3 is 35.4 Å². The van der Waals surface area contributed by atoms with Gasteiger partial charge in [0.15, 0.2) is 11.2 Å². The highest BCUT2D eigenvalue weighted by molar-refractivity contribution is 7.15. The van der Waals surface area contributed by atoms with Gasteiger partial charge >= 0.3 is 5.97 Å². The van der Waals surface area contributed by atoms with E-state index in [9.17, 15) is 33.9 Å². The zero-order chi connectivity index (χ0) is 52.5. The number of hydrogen-bond acceptors (Lipinski definition) is 22. The van der Waals surface area contributed by atoms with Crippen LogP contribution < -0.4 is 21.3 Å². The maximum atomic E-state index is 13.7. The molecule has 5 N–H and O–H groups in total. The number of pyridine rings is 1. The number of likely N-dealkylation sites (tertiary alicyclic amines) is 1. The minimum Gasteiger partial charge on any atom is -0.480 e. The summed E-state index contributed by atoms with van der Waals surface area (Å²) >= 11 is 7.42. The molecule has 0 aliphatic carbocycles. The van der Waals surface area contributed by atoms with Crippen LogP contribution in [0.1, 0.15) is 76.5 Å². The number of carbonyl (C=O) groups is 6. The van der Waals surface area contributed by atoms with Gasteiger partial charge in [-0.15, -0.1) is 68.0 Å². The first-order valence-electron chi connectivity index (χ1n) is 23.2. The molecule has 11 rings (SSSR count). The first-order chi connectivity index (χ1) is 36.9. The molecule has 386 valence electrons. The van der Waals surface area contributed by atoms with Crippen molar-refractivity contribution in [3.05, 3.63) is 113 Å². The van der Waals surface area contributed by atoms with Crippen LogP contribution in [0.25, 0.3) is 43.4 Å². The summed E-state index contributed by atoms with van der Waals surface area (Å²) in [7, 11) is 1.48. The number of thiazole rings is 6. The third-order valence-corrected chi connectivity index (χ3v) is 17.3.